The third kappa shape index (κ3) is 4.01. The normalized spacial score (nSPS) is 19.3. The molecule has 1 aliphatic heterocycles. The molecule has 5 nitrogen and oxygen atoms in total. The summed E-state index contributed by atoms with van der Waals surface area (Å²) in [7, 11) is 0. The fraction of sp³-hybridized carbons (Fsp3) is 0.273. The molecule has 29 heavy (non-hydrogen) atoms. The van der Waals surface area contributed by atoms with E-state index in [2.05, 4.69) is 5.32 Å². The van der Waals surface area contributed by atoms with E-state index in [0.717, 1.165) is 10.1 Å². The van der Waals surface area contributed by atoms with E-state index in [1.165, 1.54) is 11.3 Å². The number of rotatable bonds is 3. The molecule has 7 heteroatoms. The highest BCUT2D eigenvalue weighted by Crippen LogP contribution is 2.35. The highest BCUT2D eigenvalue weighted by molar-refractivity contribution is 7.21. The van der Waals surface area contributed by atoms with Crippen LogP contribution in [0.25, 0.3) is 10.1 Å². The number of amides is 2. The van der Waals surface area contributed by atoms with Crippen LogP contribution < -0.4 is 5.32 Å². The Bertz CT molecular complexity index is 1070. The number of morpholine rings is 1. The van der Waals surface area contributed by atoms with Crippen molar-refractivity contribution in [1.29, 1.82) is 0 Å². The fourth-order valence-electron chi connectivity index (χ4n) is 3.63. The minimum atomic E-state index is -0.319. The summed E-state index contributed by atoms with van der Waals surface area (Å²) >= 11 is 7.77. The van der Waals surface area contributed by atoms with Crippen molar-refractivity contribution >= 4 is 50.5 Å². The van der Waals surface area contributed by atoms with E-state index in [4.69, 9.17) is 16.3 Å². The first-order chi connectivity index (χ1) is 13.9. The maximum absolute atomic E-state index is 13.1. The zero-order chi connectivity index (χ0) is 20.5. The van der Waals surface area contributed by atoms with E-state index in [1.54, 1.807) is 29.2 Å². The lowest BCUT2D eigenvalue weighted by atomic mass is 10.1. The Morgan fingerprint density at radius 3 is 2.45 bits per heavy atom. The molecule has 150 valence electrons. The first-order valence-corrected chi connectivity index (χ1v) is 10.7. The Hall–Kier alpha value is -2.41. The van der Waals surface area contributed by atoms with Gasteiger partial charge in [-0.05, 0) is 32.0 Å². The molecule has 1 saturated heterocycles. The molecule has 0 spiro atoms. The Kier molecular flexibility index (Phi) is 5.58. The van der Waals surface area contributed by atoms with Gasteiger partial charge >= 0.3 is 0 Å². The Balaban J connectivity index is 1.60. The number of nitrogens with one attached hydrogen (secondary N) is 1. The SMILES string of the molecule is CC1CN(C(=O)c2ccccc2NC(=O)c2sc3ccccc3c2Cl)CC(C)O1. The second kappa shape index (κ2) is 8.14. The molecule has 2 heterocycles. The summed E-state index contributed by atoms with van der Waals surface area (Å²) in [6, 6.07) is 14.7. The second-order valence-electron chi connectivity index (χ2n) is 7.21. The van der Waals surface area contributed by atoms with Crippen molar-refractivity contribution in [2.24, 2.45) is 0 Å². The average molecular weight is 429 g/mol. The predicted octanol–water partition coefficient (Wildman–Crippen LogP) is 5.06. The number of hydrogen-bond donors (Lipinski definition) is 1. The molecule has 2 unspecified atom stereocenters. The number of nitrogens with zero attached hydrogens (tertiary/aromatic N) is 1. The molecular weight excluding hydrogens is 408 g/mol. The second-order valence-corrected chi connectivity index (χ2v) is 8.64. The van der Waals surface area contributed by atoms with E-state index in [-0.39, 0.29) is 24.0 Å². The third-order valence-electron chi connectivity index (χ3n) is 4.85. The van der Waals surface area contributed by atoms with Crippen LogP contribution in [0.15, 0.2) is 48.5 Å². The summed E-state index contributed by atoms with van der Waals surface area (Å²) in [5, 5.41) is 4.16. The Morgan fingerprint density at radius 1 is 1.07 bits per heavy atom. The number of para-hydroxylation sites is 1. The molecule has 0 saturated carbocycles. The number of thiophene rings is 1. The molecule has 1 N–H and O–H groups in total. The molecule has 2 aromatic carbocycles. The van der Waals surface area contributed by atoms with Gasteiger partial charge in [-0.1, -0.05) is 41.9 Å². The molecule has 2 atom stereocenters. The summed E-state index contributed by atoms with van der Waals surface area (Å²) < 4.78 is 6.67. The van der Waals surface area contributed by atoms with Crippen LogP contribution >= 0.6 is 22.9 Å². The molecular formula is C22H21ClN2O3S. The zero-order valence-electron chi connectivity index (χ0n) is 16.1. The number of anilines is 1. The maximum Gasteiger partial charge on any atom is 0.267 e. The van der Waals surface area contributed by atoms with E-state index in [0.29, 0.717) is 34.2 Å². The van der Waals surface area contributed by atoms with Gasteiger partial charge in [0.1, 0.15) is 4.88 Å². The van der Waals surface area contributed by atoms with Gasteiger partial charge in [0.05, 0.1) is 28.5 Å². The number of benzene rings is 2. The van der Waals surface area contributed by atoms with Crippen LogP contribution in [0, 0.1) is 0 Å². The molecule has 2 amide bonds. The molecule has 4 rings (SSSR count). The Morgan fingerprint density at radius 2 is 1.72 bits per heavy atom. The largest absolute Gasteiger partial charge is 0.372 e. The van der Waals surface area contributed by atoms with Gasteiger partial charge < -0.3 is 15.0 Å². The highest BCUT2D eigenvalue weighted by Gasteiger charge is 2.28. The first-order valence-electron chi connectivity index (χ1n) is 9.46. The van der Waals surface area contributed by atoms with Gasteiger partial charge in [-0.25, -0.2) is 0 Å². The summed E-state index contributed by atoms with van der Waals surface area (Å²) in [5.41, 5.74) is 0.933. The highest BCUT2D eigenvalue weighted by atomic mass is 35.5. The lowest BCUT2D eigenvalue weighted by Crippen LogP contribution is -2.48. The monoisotopic (exact) mass is 428 g/mol. The van der Waals surface area contributed by atoms with Crippen molar-refractivity contribution < 1.29 is 14.3 Å². The molecule has 3 aromatic rings. The topological polar surface area (TPSA) is 58.6 Å². The number of carbonyl (C=O) groups is 2. The average Bonchev–Trinajstić information content (AvgIpc) is 3.04. The van der Waals surface area contributed by atoms with Crippen LogP contribution in [-0.2, 0) is 4.74 Å². The molecule has 1 aromatic heterocycles. The van der Waals surface area contributed by atoms with E-state index < -0.39 is 0 Å². The lowest BCUT2D eigenvalue weighted by Gasteiger charge is -2.35. The van der Waals surface area contributed by atoms with Crippen molar-refractivity contribution in [2.75, 3.05) is 18.4 Å². The van der Waals surface area contributed by atoms with Gasteiger partial charge in [0.25, 0.3) is 11.8 Å². The number of halogens is 1. The van der Waals surface area contributed by atoms with Gasteiger partial charge in [-0.15, -0.1) is 11.3 Å². The summed E-state index contributed by atoms with van der Waals surface area (Å²) in [6.45, 7) is 4.95. The van der Waals surface area contributed by atoms with Crippen LogP contribution in [0.1, 0.15) is 33.9 Å². The van der Waals surface area contributed by atoms with Crippen LogP contribution in [0.5, 0.6) is 0 Å². The van der Waals surface area contributed by atoms with Crippen LogP contribution in [0.4, 0.5) is 5.69 Å². The molecule has 0 radical (unpaired) electrons. The van der Waals surface area contributed by atoms with Crippen molar-refractivity contribution in [3.8, 4) is 0 Å². The maximum atomic E-state index is 13.1. The van der Waals surface area contributed by atoms with Crippen molar-refractivity contribution in [3.05, 3.63) is 64.0 Å². The van der Waals surface area contributed by atoms with Crippen molar-refractivity contribution in [2.45, 2.75) is 26.1 Å². The van der Waals surface area contributed by atoms with E-state index >= 15 is 0 Å². The zero-order valence-corrected chi connectivity index (χ0v) is 17.7. The smallest absolute Gasteiger partial charge is 0.267 e. The molecule has 1 aliphatic rings. The number of ether oxygens (including phenoxy) is 1. The van der Waals surface area contributed by atoms with Gasteiger partial charge in [0.15, 0.2) is 0 Å². The third-order valence-corrected chi connectivity index (χ3v) is 6.53. The number of fused-ring (bicyclic) bond motifs is 1. The van der Waals surface area contributed by atoms with E-state index in [1.807, 2.05) is 38.1 Å². The van der Waals surface area contributed by atoms with Gasteiger partial charge in [-0.3, -0.25) is 9.59 Å². The molecule has 0 bridgehead atoms. The van der Waals surface area contributed by atoms with Gasteiger partial charge in [-0.2, -0.15) is 0 Å². The van der Waals surface area contributed by atoms with Gasteiger partial charge in [0, 0.05) is 23.2 Å². The molecule has 0 aliphatic carbocycles. The summed E-state index contributed by atoms with van der Waals surface area (Å²) in [6.07, 6.45) is -0.0522. The molecule has 1 fully saturated rings. The van der Waals surface area contributed by atoms with E-state index in [9.17, 15) is 9.59 Å². The minimum absolute atomic E-state index is 0.0261. The van der Waals surface area contributed by atoms with Crippen LogP contribution in [-0.4, -0.2) is 42.0 Å². The van der Waals surface area contributed by atoms with Crippen LogP contribution in [0.2, 0.25) is 5.02 Å². The summed E-state index contributed by atoms with van der Waals surface area (Å²) in [4.78, 5) is 28.3. The standard InChI is InChI=1S/C22H21ClN2O3S/c1-13-11-25(12-14(2)28-13)22(27)15-7-3-5-9-17(15)24-21(26)20-19(23)16-8-4-6-10-18(16)29-20/h3-10,13-14H,11-12H2,1-2H3,(H,24,26). The number of carbonyl (C=O) groups excluding carboxylic acids is 2. The minimum Gasteiger partial charge on any atom is -0.372 e. The first kappa shape index (κ1) is 19.9. The predicted molar refractivity (Wildman–Crippen MR) is 117 cm³/mol. The fourth-order valence-corrected chi connectivity index (χ4v) is 5.04. The van der Waals surface area contributed by atoms with Crippen molar-refractivity contribution in [1.82, 2.24) is 4.90 Å². The number of hydrogen-bond acceptors (Lipinski definition) is 4. The van der Waals surface area contributed by atoms with Gasteiger partial charge in [0.2, 0.25) is 0 Å². The Labute approximate surface area is 178 Å². The van der Waals surface area contributed by atoms with Crippen molar-refractivity contribution in [3.63, 3.8) is 0 Å². The lowest BCUT2D eigenvalue weighted by molar-refractivity contribution is -0.0585. The van der Waals surface area contributed by atoms with Crippen LogP contribution in [0.3, 0.4) is 0 Å². The summed E-state index contributed by atoms with van der Waals surface area (Å²) in [5.74, 6) is -0.439. The quantitative estimate of drug-likeness (QED) is 0.634.